The van der Waals surface area contributed by atoms with Crippen molar-refractivity contribution in [2.45, 2.75) is 34.1 Å². The van der Waals surface area contributed by atoms with Gasteiger partial charge in [0.2, 0.25) is 0 Å². The van der Waals surface area contributed by atoms with Gasteiger partial charge < -0.3 is 0 Å². The van der Waals surface area contributed by atoms with Crippen LogP contribution in [0, 0.1) is 27.7 Å². The van der Waals surface area contributed by atoms with Crippen molar-refractivity contribution < 1.29 is 0 Å². The van der Waals surface area contributed by atoms with Gasteiger partial charge in [0.15, 0.2) is 0 Å². The quantitative estimate of drug-likeness (QED) is 0.525. The lowest BCUT2D eigenvalue weighted by molar-refractivity contribution is 1.18. The Kier molecular flexibility index (Phi) is 2.16. The Balaban J connectivity index is 2.38. The van der Waals surface area contributed by atoms with E-state index in [-0.39, 0.29) is 0 Å². The molecule has 0 spiro atoms. The molecule has 0 bridgehead atoms. The van der Waals surface area contributed by atoms with Crippen molar-refractivity contribution >= 4 is 0 Å². The van der Waals surface area contributed by atoms with Crippen LogP contribution in [0.4, 0.5) is 0 Å². The summed E-state index contributed by atoms with van der Waals surface area (Å²) in [6.07, 6.45) is 1.12. The minimum absolute atomic E-state index is 1.12. The van der Waals surface area contributed by atoms with Gasteiger partial charge in [-0.1, -0.05) is 29.8 Å². The molecular formula is C17H18. The van der Waals surface area contributed by atoms with Crippen molar-refractivity contribution in [1.29, 1.82) is 0 Å². The topological polar surface area (TPSA) is 0 Å². The molecule has 0 aromatic heterocycles. The van der Waals surface area contributed by atoms with Crippen LogP contribution in [-0.2, 0) is 6.42 Å². The van der Waals surface area contributed by atoms with Crippen LogP contribution in [0.5, 0.6) is 0 Å². The summed E-state index contributed by atoms with van der Waals surface area (Å²) in [7, 11) is 0. The molecule has 0 radical (unpaired) electrons. The van der Waals surface area contributed by atoms with Crippen molar-refractivity contribution in [2.75, 3.05) is 0 Å². The van der Waals surface area contributed by atoms with E-state index in [0.29, 0.717) is 0 Å². The number of benzene rings is 2. The van der Waals surface area contributed by atoms with Gasteiger partial charge >= 0.3 is 0 Å². The molecule has 3 rings (SSSR count). The highest BCUT2D eigenvalue weighted by atomic mass is 14.3. The number of hydrogen-bond donors (Lipinski definition) is 0. The monoisotopic (exact) mass is 222 g/mol. The van der Waals surface area contributed by atoms with E-state index in [1.165, 1.54) is 44.5 Å². The fraction of sp³-hybridized carbons (Fsp3) is 0.294. The lowest BCUT2D eigenvalue weighted by Gasteiger charge is -2.09. The molecular weight excluding hydrogens is 204 g/mol. The van der Waals surface area contributed by atoms with Crippen LogP contribution in [0.1, 0.15) is 33.4 Å². The summed E-state index contributed by atoms with van der Waals surface area (Å²) in [6.45, 7) is 8.89. The third-order valence-corrected chi connectivity index (χ3v) is 4.00. The summed E-state index contributed by atoms with van der Waals surface area (Å²) in [5.74, 6) is 0. The maximum Gasteiger partial charge on any atom is -0.000809 e. The summed E-state index contributed by atoms with van der Waals surface area (Å²) in [6, 6.07) is 9.15. The molecule has 0 N–H and O–H groups in total. The Bertz CT molecular complexity index is 618. The molecule has 2 aromatic rings. The van der Waals surface area contributed by atoms with E-state index in [4.69, 9.17) is 0 Å². The van der Waals surface area contributed by atoms with Crippen molar-refractivity contribution in [3.63, 3.8) is 0 Å². The van der Waals surface area contributed by atoms with Crippen molar-refractivity contribution in [3.8, 4) is 11.1 Å². The maximum absolute atomic E-state index is 2.35. The SMILES string of the molecule is Cc1cc(C)c2c(c1)-c1c(C)ccc(C)c1C2. The molecule has 1 aliphatic rings. The Hall–Kier alpha value is -1.56. The molecule has 0 heteroatoms. The molecule has 0 amide bonds. The van der Waals surface area contributed by atoms with Gasteiger partial charge in [-0.3, -0.25) is 0 Å². The van der Waals surface area contributed by atoms with E-state index in [2.05, 4.69) is 52.0 Å². The van der Waals surface area contributed by atoms with E-state index in [0.717, 1.165) is 6.42 Å². The van der Waals surface area contributed by atoms with Gasteiger partial charge in [-0.25, -0.2) is 0 Å². The summed E-state index contributed by atoms with van der Waals surface area (Å²) in [4.78, 5) is 0. The lowest BCUT2D eigenvalue weighted by atomic mass is 9.96. The number of aryl methyl sites for hydroxylation is 4. The molecule has 2 aromatic carbocycles. The van der Waals surface area contributed by atoms with Crippen molar-refractivity contribution in [1.82, 2.24) is 0 Å². The second kappa shape index (κ2) is 3.46. The summed E-state index contributed by atoms with van der Waals surface area (Å²) in [5, 5.41) is 0. The predicted octanol–water partition coefficient (Wildman–Crippen LogP) is 4.49. The van der Waals surface area contributed by atoms with E-state index in [1.807, 2.05) is 0 Å². The normalized spacial score (nSPS) is 12.5. The molecule has 17 heavy (non-hydrogen) atoms. The molecule has 86 valence electrons. The van der Waals surface area contributed by atoms with Crippen LogP contribution in [-0.4, -0.2) is 0 Å². The van der Waals surface area contributed by atoms with Crippen LogP contribution >= 0.6 is 0 Å². The first-order chi connectivity index (χ1) is 8.08. The van der Waals surface area contributed by atoms with Gasteiger partial charge in [0.1, 0.15) is 0 Å². The molecule has 0 aliphatic heterocycles. The number of hydrogen-bond acceptors (Lipinski definition) is 0. The van der Waals surface area contributed by atoms with Crippen molar-refractivity contribution in [2.24, 2.45) is 0 Å². The Labute approximate surface area is 103 Å². The molecule has 0 saturated carbocycles. The van der Waals surface area contributed by atoms with Crippen LogP contribution in [0.2, 0.25) is 0 Å². The number of rotatable bonds is 0. The molecule has 0 saturated heterocycles. The van der Waals surface area contributed by atoms with Gasteiger partial charge in [0.25, 0.3) is 0 Å². The van der Waals surface area contributed by atoms with Gasteiger partial charge in [-0.05, 0) is 73.1 Å². The minimum Gasteiger partial charge on any atom is -0.0587 e. The summed E-state index contributed by atoms with van der Waals surface area (Å²) in [5.41, 5.74) is 11.7. The molecule has 0 heterocycles. The highest BCUT2D eigenvalue weighted by molar-refractivity contribution is 5.82. The zero-order valence-corrected chi connectivity index (χ0v) is 11.0. The van der Waals surface area contributed by atoms with Crippen LogP contribution in [0.25, 0.3) is 11.1 Å². The van der Waals surface area contributed by atoms with Gasteiger partial charge in [0.05, 0.1) is 0 Å². The second-order valence-corrected chi connectivity index (χ2v) is 5.34. The van der Waals surface area contributed by atoms with Gasteiger partial charge in [-0.15, -0.1) is 0 Å². The molecule has 0 atom stereocenters. The third kappa shape index (κ3) is 1.44. The van der Waals surface area contributed by atoms with E-state index >= 15 is 0 Å². The Morgan fingerprint density at radius 1 is 0.765 bits per heavy atom. The molecule has 1 aliphatic carbocycles. The first-order valence-electron chi connectivity index (χ1n) is 6.27. The zero-order valence-electron chi connectivity index (χ0n) is 11.0. The van der Waals surface area contributed by atoms with Crippen LogP contribution < -0.4 is 0 Å². The van der Waals surface area contributed by atoms with Gasteiger partial charge in [-0.2, -0.15) is 0 Å². The fourth-order valence-corrected chi connectivity index (χ4v) is 3.10. The highest BCUT2D eigenvalue weighted by Gasteiger charge is 2.23. The smallest absolute Gasteiger partial charge is 0.000809 e. The predicted molar refractivity (Wildman–Crippen MR) is 73.6 cm³/mol. The van der Waals surface area contributed by atoms with E-state index in [1.54, 1.807) is 0 Å². The molecule has 0 fully saturated rings. The summed E-state index contributed by atoms with van der Waals surface area (Å²) < 4.78 is 0. The largest absolute Gasteiger partial charge is 0.0587 e. The maximum atomic E-state index is 2.35. The average Bonchev–Trinajstić information content (AvgIpc) is 2.64. The Morgan fingerprint density at radius 3 is 2.24 bits per heavy atom. The highest BCUT2D eigenvalue weighted by Crippen LogP contribution is 2.42. The van der Waals surface area contributed by atoms with Crippen LogP contribution in [0.3, 0.4) is 0 Å². The zero-order chi connectivity index (χ0) is 12.2. The Morgan fingerprint density at radius 2 is 1.47 bits per heavy atom. The van der Waals surface area contributed by atoms with Crippen molar-refractivity contribution in [3.05, 3.63) is 57.6 Å². The molecule has 0 nitrogen and oxygen atoms in total. The fourth-order valence-electron chi connectivity index (χ4n) is 3.10. The lowest BCUT2D eigenvalue weighted by Crippen LogP contribution is -1.88. The first-order valence-corrected chi connectivity index (χ1v) is 6.27. The summed E-state index contributed by atoms with van der Waals surface area (Å²) >= 11 is 0. The van der Waals surface area contributed by atoms with E-state index in [9.17, 15) is 0 Å². The standard InChI is InChI=1S/C17H18/c1-10-7-13(4)14-9-15-11(2)5-6-12(3)17(15)16(14)8-10/h5-8H,9H2,1-4H3. The minimum atomic E-state index is 1.12. The number of fused-ring (bicyclic) bond motifs is 3. The first kappa shape index (κ1) is 10.6. The third-order valence-electron chi connectivity index (χ3n) is 4.00. The average molecular weight is 222 g/mol. The van der Waals surface area contributed by atoms with E-state index < -0.39 is 0 Å². The molecule has 0 unspecified atom stereocenters. The van der Waals surface area contributed by atoms with Crippen LogP contribution in [0.15, 0.2) is 24.3 Å². The van der Waals surface area contributed by atoms with Gasteiger partial charge in [0, 0.05) is 0 Å². The second-order valence-electron chi connectivity index (χ2n) is 5.34.